The molecule has 6 N–H and O–H groups in total. The molecule has 0 fully saturated rings. The summed E-state index contributed by atoms with van der Waals surface area (Å²) in [5.74, 6) is -4.56. The summed E-state index contributed by atoms with van der Waals surface area (Å²) in [6.45, 7) is 0. The first kappa shape index (κ1) is 38.2. The van der Waals surface area contributed by atoms with Crippen molar-refractivity contribution in [2.75, 3.05) is 0 Å². The molecule has 2 aromatic carbocycles. The van der Waals surface area contributed by atoms with Crippen LogP contribution >= 0.6 is 0 Å². The first-order chi connectivity index (χ1) is 26.5. The predicted molar refractivity (Wildman–Crippen MR) is 190 cm³/mol. The Kier molecular flexibility index (Phi) is 10.3. The van der Waals surface area contributed by atoms with E-state index in [1.54, 1.807) is 24.3 Å². The van der Waals surface area contributed by atoms with E-state index < -0.39 is 76.5 Å². The van der Waals surface area contributed by atoms with Gasteiger partial charge in [-0.2, -0.15) is 46.6 Å². The van der Waals surface area contributed by atoms with Gasteiger partial charge in [-0.1, -0.05) is 36.4 Å². The van der Waals surface area contributed by atoms with E-state index in [4.69, 9.17) is 0 Å². The van der Waals surface area contributed by atoms with Crippen LogP contribution in [0, 0.1) is 0 Å². The highest BCUT2D eigenvalue weighted by Gasteiger charge is 2.26. The Morgan fingerprint density at radius 1 is 0.589 bits per heavy atom. The molecule has 0 aliphatic carbocycles. The van der Waals surface area contributed by atoms with E-state index in [1.165, 1.54) is 36.7 Å². The van der Waals surface area contributed by atoms with E-state index in [1.807, 2.05) is 0 Å². The molecule has 0 amide bonds. The number of carbonyl (C=O) groups is 2. The fourth-order valence-electron chi connectivity index (χ4n) is 4.84. The van der Waals surface area contributed by atoms with Gasteiger partial charge in [0.25, 0.3) is 20.2 Å². The number of azo groups is 2. The molecular weight excluding hydrogens is 781 g/mol. The minimum atomic E-state index is -5.00. The number of benzene rings is 2. The number of carboxylic acids is 2. The van der Waals surface area contributed by atoms with Crippen molar-refractivity contribution < 1.29 is 56.0 Å². The van der Waals surface area contributed by atoms with E-state index in [2.05, 4.69) is 40.6 Å². The second-order valence-electron chi connectivity index (χ2n) is 11.0. The summed E-state index contributed by atoms with van der Waals surface area (Å²) >= 11 is 0. The summed E-state index contributed by atoms with van der Waals surface area (Å²) in [6.07, 6.45) is 4.88. The Balaban J connectivity index is 1.32. The lowest BCUT2D eigenvalue weighted by Crippen LogP contribution is -2.02. The Morgan fingerprint density at radius 2 is 0.982 bits per heavy atom. The Hall–Kier alpha value is -7.54. The zero-order valence-electron chi connectivity index (χ0n) is 27.7. The van der Waals surface area contributed by atoms with E-state index in [0.717, 1.165) is 45.8 Å². The van der Waals surface area contributed by atoms with Crippen LogP contribution in [0.5, 0.6) is 11.8 Å². The average Bonchev–Trinajstić information content (AvgIpc) is 3.68. The van der Waals surface area contributed by atoms with Crippen LogP contribution in [0.2, 0.25) is 0 Å². The van der Waals surface area contributed by atoms with Crippen molar-refractivity contribution in [2.45, 2.75) is 9.79 Å². The van der Waals surface area contributed by atoms with Crippen LogP contribution in [0.15, 0.2) is 115 Å². The molecule has 24 heteroatoms. The number of aromatic carboxylic acids is 2. The monoisotopic (exact) mass is 802 g/mol. The third kappa shape index (κ3) is 8.01. The maximum absolute atomic E-state index is 12.4. The molecule has 4 heterocycles. The number of hydrogen-bond donors (Lipinski definition) is 6. The second kappa shape index (κ2) is 15.1. The van der Waals surface area contributed by atoms with E-state index in [9.17, 15) is 56.0 Å². The molecule has 0 saturated heterocycles. The Labute approximate surface area is 313 Å². The van der Waals surface area contributed by atoms with Crippen molar-refractivity contribution in [2.24, 2.45) is 20.5 Å². The zero-order valence-corrected chi connectivity index (χ0v) is 29.3. The maximum atomic E-state index is 12.4. The topological polar surface area (TPSA) is 335 Å². The summed E-state index contributed by atoms with van der Waals surface area (Å²) in [5.41, 5.74) is -3.54. The van der Waals surface area contributed by atoms with Gasteiger partial charge in [-0.3, -0.25) is 9.11 Å². The highest BCUT2D eigenvalue weighted by molar-refractivity contribution is 7.86. The summed E-state index contributed by atoms with van der Waals surface area (Å²) in [5, 5.41) is 63.1. The molecule has 0 aliphatic rings. The molecule has 4 aromatic heterocycles. The van der Waals surface area contributed by atoms with Crippen molar-refractivity contribution in [1.82, 2.24) is 29.5 Å². The number of carboxylic acid groups (broad SMARTS) is 2. The quantitative estimate of drug-likeness (QED) is 0.0529. The van der Waals surface area contributed by atoms with Crippen molar-refractivity contribution in [3.63, 3.8) is 0 Å². The van der Waals surface area contributed by atoms with Crippen molar-refractivity contribution >= 4 is 67.1 Å². The van der Waals surface area contributed by atoms with Crippen LogP contribution < -0.4 is 0 Å². The molecule has 6 rings (SSSR count). The average molecular weight is 803 g/mol. The number of rotatable bonds is 12. The van der Waals surface area contributed by atoms with Gasteiger partial charge in [0.1, 0.15) is 9.79 Å². The molecule has 0 radical (unpaired) electrons. The fraction of sp³-hybridized carbons (Fsp3) is 0. The van der Waals surface area contributed by atoms with Crippen molar-refractivity contribution in [1.29, 1.82) is 0 Å². The number of nitrogens with zero attached hydrogens (tertiary/aromatic N) is 10. The van der Waals surface area contributed by atoms with E-state index in [0.29, 0.717) is 0 Å². The second-order valence-corrected chi connectivity index (χ2v) is 13.8. The predicted octanol–water partition coefficient (Wildman–Crippen LogP) is 5.15. The molecule has 0 bridgehead atoms. The number of aromatic nitrogens is 6. The maximum Gasteiger partial charge on any atom is 0.358 e. The highest BCUT2D eigenvalue weighted by Crippen LogP contribution is 2.36. The number of pyridine rings is 2. The van der Waals surface area contributed by atoms with Gasteiger partial charge in [-0.25, -0.2) is 19.6 Å². The highest BCUT2D eigenvalue weighted by atomic mass is 32.2. The van der Waals surface area contributed by atoms with Gasteiger partial charge in [0.05, 0.1) is 11.4 Å². The van der Waals surface area contributed by atoms with Crippen LogP contribution in [0.3, 0.4) is 0 Å². The Bertz CT molecular complexity index is 2650. The third-order valence-electron chi connectivity index (χ3n) is 7.33. The molecule has 6 aromatic rings. The third-order valence-corrected chi connectivity index (χ3v) is 9.15. The minimum Gasteiger partial charge on any atom is -0.492 e. The van der Waals surface area contributed by atoms with Crippen molar-refractivity contribution in [3.8, 4) is 23.4 Å². The molecule has 56 heavy (non-hydrogen) atoms. The molecule has 0 spiro atoms. The normalized spacial score (nSPS) is 12.2. The van der Waals surface area contributed by atoms with Gasteiger partial charge in [-0.05, 0) is 59.7 Å². The van der Waals surface area contributed by atoms with Gasteiger partial charge in [0.15, 0.2) is 23.0 Å². The van der Waals surface area contributed by atoms with Crippen LogP contribution in [0.25, 0.3) is 23.8 Å². The number of aromatic hydroxyl groups is 2. The summed E-state index contributed by atoms with van der Waals surface area (Å²) in [4.78, 5) is 30.1. The van der Waals surface area contributed by atoms with Gasteiger partial charge in [0.2, 0.25) is 23.1 Å². The van der Waals surface area contributed by atoms with Crippen LogP contribution in [-0.4, -0.2) is 87.8 Å². The van der Waals surface area contributed by atoms with Gasteiger partial charge < -0.3 is 20.4 Å². The van der Waals surface area contributed by atoms with E-state index in [-0.39, 0.29) is 34.1 Å². The fourth-order valence-corrected chi connectivity index (χ4v) is 6.25. The molecule has 284 valence electrons. The number of hydrogen-bond acceptors (Lipinski definition) is 16. The van der Waals surface area contributed by atoms with Gasteiger partial charge in [0, 0.05) is 12.4 Å². The van der Waals surface area contributed by atoms with Gasteiger partial charge in [-0.15, -0.1) is 10.2 Å². The smallest absolute Gasteiger partial charge is 0.358 e. The minimum absolute atomic E-state index is 0.0507. The summed E-state index contributed by atoms with van der Waals surface area (Å²) in [7, 11) is -10.0. The van der Waals surface area contributed by atoms with Crippen LogP contribution in [-0.2, 0) is 20.2 Å². The molecule has 0 saturated carbocycles. The lowest BCUT2D eigenvalue weighted by atomic mass is 10.1. The van der Waals surface area contributed by atoms with Crippen LogP contribution in [0.4, 0.5) is 22.7 Å². The standard InChI is InChI=1S/C32H22N10O12S2/c43-29-25(27(31(45)46)39-41(29)23-5-1-3-13-33-23)37-35-19-11-9-17(21(15-19)55(49,50)51)7-8-18-10-12-20(16-22(18)56(52,53)54)36-38-26-28(32(47)48)40-42(30(26)44)24-6-2-4-14-34-24/h1-16,43-44H,(H,45,46)(H,47,48)(H,49,50,51)(H,52,53,54)/b8-7-,37-35?,38-36?. The summed E-state index contributed by atoms with van der Waals surface area (Å²) in [6, 6.07) is 15.5. The molecule has 0 atom stereocenters. The largest absolute Gasteiger partial charge is 0.492 e. The van der Waals surface area contributed by atoms with E-state index >= 15 is 0 Å². The van der Waals surface area contributed by atoms with Gasteiger partial charge >= 0.3 is 11.9 Å². The van der Waals surface area contributed by atoms with Crippen LogP contribution in [0.1, 0.15) is 32.1 Å². The lowest BCUT2D eigenvalue weighted by Gasteiger charge is -2.06. The molecule has 22 nitrogen and oxygen atoms in total. The first-order valence-corrected chi connectivity index (χ1v) is 18.1. The molecule has 0 unspecified atom stereocenters. The van der Waals surface area contributed by atoms with Crippen molar-refractivity contribution in [3.05, 3.63) is 108 Å². The molecular formula is C32H22N10O12S2. The first-order valence-electron chi connectivity index (χ1n) is 15.2. The molecule has 0 aliphatic heterocycles. The zero-order chi connectivity index (χ0) is 40.4. The Morgan fingerprint density at radius 3 is 1.30 bits per heavy atom. The lowest BCUT2D eigenvalue weighted by molar-refractivity contribution is 0.0680. The summed E-state index contributed by atoms with van der Waals surface area (Å²) < 4.78 is 71.0. The SMILES string of the molecule is O=C(O)c1nn(-c2ccccn2)c(O)c1N=Nc1ccc(/C=C\c2ccc(N=Nc3c(C(=O)O)nn(-c4ccccn4)c3O)cc2S(=O)(=O)O)c(S(=O)(=O)O)c1.